The fourth-order valence-electron chi connectivity index (χ4n) is 4.86. The number of fused-ring (bicyclic) bond motifs is 4. The first-order valence-corrected chi connectivity index (χ1v) is 9.64. The molecule has 4 heterocycles. The Morgan fingerprint density at radius 3 is 2.89 bits per heavy atom. The largest absolute Gasteiger partial charge is 0.356 e. The van der Waals surface area contributed by atoms with E-state index in [4.69, 9.17) is 9.72 Å². The molecule has 6 rings (SSSR count). The van der Waals surface area contributed by atoms with E-state index < -0.39 is 11.9 Å². The first-order valence-electron chi connectivity index (χ1n) is 9.64. The van der Waals surface area contributed by atoms with Crippen LogP contribution in [0.1, 0.15) is 31.7 Å². The van der Waals surface area contributed by atoms with Gasteiger partial charge in [-0.25, -0.2) is 4.98 Å². The lowest BCUT2D eigenvalue weighted by atomic mass is 9.86. The number of amides is 1. The Morgan fingerprint density at radius 2 is 2.07 bits per heavy atom. The molecule has 6 heteroatoms. The van der Waals surface area contributed by atoms with E-state index in [0.717, 1.165) is 32.9 Å². The second-order valence-electron chi connectivity index (χ2n) is 8.05. The average Bonchev–Trinajstić information content (AvgIpc) is 3.15. The Bertz CT molecular complexity index is 1230. The van der Waals surface area contributed by atoms with Crippen LogP contribution in [0.25, 0.3) is 27.2 Å². The lowest BCUT2D eigenvalue weighted by molar-refractivity contribution is -0.250. The highest BCUT2D eigenvalue weighted by atomic mass is 16.6. The van der Waals surface area contributed by atoms with Gasteiger partial charge in [-0.2, -0.15) is 0 Å². The number of carbonyl (C=O) groups is 1. The maximum Gasteiger partial charge on any atom is 0.256 e. The number of aliphatic hydroxyl groups is 1. The molecular formula is C22H19N3O3. The highest BCUT2D eigenvalue weighted by molar-refractivity contribution is 6.12. The molecule has 28 heavy (non-hydrogen) atoms. The van der Waals surface area contributed by atoms with E-state index in [0.29, 0.717) is 24.4 Å². The standard InChI is InChI=1S/C22H19N3O3/c1-11(2)18-21(26)25-10-8-14-17-16-13(12-5-3-4-6-15(12)24-17)7-9-23-19(16)22(27,28-18)20(14)25/h3-7,9,11,18,27H,8,10H2,1-2H3. The van der Waals surface area contributed by atoms with Crippen LogP contribution in [-0.4, -0.2) is 38.5 Å². The zero-order chi connectivity index (χ0) is 19.2. The van der Waals surface area contributed by atoms with Gasteiger partial charge in [-0.15, -0.1) is 0 Å². The van der Waals surface area contributed by atoms with Crippen LogP contribution in [-0.2, 0) is 15.3 Å². The molecule has 6 nitrogen and oxygen atoms in total. The molecule has 140 valence electrons. The summed E-state index contributed by atoms with van der Waals surface area (Å²) in [6.45, 7) is 4.39. The fraction of sp³-hybridized carbons (Fsp3) is 0.318. The van der Waals surface area contributed by atoms with Gasteiger partial charge in [0, 0.05) is 29.1 Å². The van der Waals surface area contributed by atoms with Crippen molar-refractivity contribution in [3.05, 3.63) is 53.6 Å². The SMILES string of the molecule is CC(C)C1OC2(O)C3=C(CCN3C1=O)c1nc3ccccc3c3ccnc2c13. The number of hydrogen-bond acceptors (Lipinski definition) is 5. The molecule has 1 fully saturated rings. The van der Waals surface area contributed by atoms with E-state index >= 15 is 0 Å². The molecule has 0 spiro atoms. The number of carbonyl (C=O) groups excluding carboxylic acids is 1. The van der Waals surface area contributed by atoms with Crippen LogP contribution < -0.4 is 0 Å². The predicted octanol–water partition coefficient (Wildman–Crippen LogP) is 2.94. The molecule has 1 N–H and O–H groups in total. The van der Waals surface area contributed by atoms with Gasteiger partial charge in [0.15, 0.2) is 0 Å². The van der Waals surface area contributed by atoms with Crippen LogP contribution in [0.5, 0.6) is 0 Å². The molecule has 0 saturated carbocycles. The van der Waals surface area contributed by atoms with Crippen molar-refractivity contribution in [2.45, 2.75) is 32.2 Å². The fourth-order valence-corrected chi connectivity index (χ4v) is 4.86. The highest BCUT2D eigenvalue weighted by Crippen LogP contribution is 2.53. The number of benzene rings is 1. The topological polar surface area (TPSA) is 75.6 Å². The third kappa shape index (κ3) is 1.77. The average molecular weight is 373 g/mol. The molecule has 1 aromatic carbocycles. The molecule has 3 aromatic rings. The number of hydrogen-bond donors (Lipinski definition) is 1. The van der Waals surface area contributed by atoms with Crippen LogP contribution in [0.3, 0.4) is 0 Å². The molecule has 2 aliphatic heterocycles. The first-order chi connectivity index (χ1) is 13.5. The summed E-state index contributed by atoms with van der Waals surface area (Å²) in [5, 5.41) is 14.6. The van der Waals surface area contributed by atoms with Crippen molar-refractivity contribution in [1.82, 2.24) is 14.9 Å². The van der Waals surface area contributed by atoms with Gasteiger partial charge in [-0.3, -0.25) is 9.78 Å². The lowest BCUT2D eigenvalue weighted by Crippen LogP contribution is -2.56. The summed E-state index contributed by atoms with van der Waals surface area (Å²) in [5.41, 5.74) is 3.52. The van der Waals surface area contributed by atoms with Gasteiger partial charge in [0.05, 0.1) is 16.9 Å². The summed E-state index contributed by atoms with van der Waals surface area (Å²) in [5.74, 6) is -1.88. The summed E-state index contributed by atoms with van der Waals surface area (Å²) >= 11 is 0. The third-order valence-corrected chi connectivity index (χ3v) is 6.10. The van der Waals surface area contributed by atoms with Gasteiger partial charge in [-0.1, -0.05) is 32.0 Å². The molecule has 1 saturated heterocycles. The van der Waals surface area contributed by atoms with E-state index in [1.165, 1.54) is 0 Å². The second kappa shape index (κ2) is 5.16. The van der Waals surface area contributed by atoms with Crippen LogP contribution in [0.2, 0.25) is 0 Å². The summed E-state index contributed by atoms with van der Waals surface area (Å²) in [6, 6.07) is 9.93. The van der Waals surface area contributed by atoms with Crippen molar-refractivity contribution < 1.29 is 14.6 Å². The first kappa shape index (κ1) is 16.2. The van der Waals surface area contributed by atoms with Crippen LogP contribution in [0.15, 0.2) is 42.2 Å². The third-order valence-electron chi connectivity index (χ3n) is 6.10. The van der Waals surface area contributed by atoms with Gasteiger partial charge < -0.3 is 14.7 Å². The van der Waals surface area contributed by atoms with Gasteiger partial charge in [0.1, 0.15) is 11.8 Å². The highest BCUT2D eigenvalue weighted by Gasteiger charge is 2.57. The molecule has 2 unspecified atom stereocenters. The van der Waals surface area contributed by atoms with E-state index in [-0.39, 0.29) is 11.8 Å². The van der Waals surface area contributed by atoms with Crippen LogP contribution >= 0.6 is 0 Å². The number of morpholine rings is 1. The molecule has 3 aliphatic rings. The van der Waals surface area contributed by atoms with E-state index in [1.807, 2.05) is 44.2 Å². The Morgan fingerprint density at radius 1 is 1.25 bits per heavy atom. The van der Waals surface area contributed by atoms with E-state index in [2.05, 4.69) is 4.98 Å². The van der Waals surface area contributed by atoms with E-state index in [9.17, 15) is 9.90 Å². The quantitative estimate of drug-likeness (QED) is 0.664. The smallest absolute Gasteiger partial charge is 0.256 e. The van der Waals surface area contributed by atoms with E-state index in [1.54, 1.807) is 11.1 Å². The monoisotopic (exact) mass is 373 g/mol. The van der Waals surface area contributed by atoms with Crippen molar-refractivity contribution in [3.63, 3.8) is 0 Å². The Balaban J connectivity index is 1.75. The van der Waals surface area contributed by atoms with Crippen molar-refractivity contribution in [3.8, 4) is 0 Å². The number of ether oxygens (including phenoxy) is 1. The molecule has 1 aliphatic carbocycles. The van der Waals surface area contributed by atoms with Crippen molar-refractivity contribution in [1.29, 1.82) is 0 Å². The van der Waals surface area contributed by atoms with Gasteiger partial charge in [-0.05, 0) is 29.9 Å². The summed E-state index contributed by atoms with van der Waals surface area (Å²) in [6.07, 6.45) is 1.63. The Hall–Kier alpha value is -2.83. The minimum atomic E-state index is -1.73. The normalized spacial score (nSPS) is 25.9. The minimum absolute atomic E-state index is 0.0579. The molecular weight excluding hydrogens is 354 g/mol. The van der Waals surface area contributed by atoms with Crippen LogP contribution in [0, 0.1) is 5.92 Å². The van der Waals surface area contributed by atoms with Crippen molar-refractivity contribution >= 4 is 33.2 Å². The van der Waals surface area contributed by atoms with Crippen molar-refractivity contribution in [2.24, 2.45) is 5.92 Å². The molecule has 0 radical (unpaired) electrons. The zero-order valence-electron chi connectivity index (χ0n) is 15.6. The van der Waals surface area contributed by atoms with Crippen LogP contribution in [0.4, 0.5) is 0 Å². The summed E-state index contributed by atoms with van der Waals surface area (Å²) < 4.78 is 6.11. The lowest BCUT2D eigenvalue weighted by Gasteiger charge is -2.45. The number of rotatable bonds is 1. The Labute approximate surface area is 161 Å². The van der Waals surface area contributed by atoms with Gasteiger partial charge >= 0.3 is 0 Å². The number of nitrogens with zero attached hydrogens (tertiary/aromatic N) is 3. The maximum absolute atomic E-state index is 13.0. The molecule has 2 atom stereocenters. The zero-order valence-corrected chi connectivity index (χ0v) is 15.6. The van der Waals surface area contributed by atoms with Crippen molar-refractivity contribution in [2.75, 3.05) is 6.54 Å². The number of pyridine rings is 2. The van der Waals surface area contributed by atoms with Gasteiger partial charge in [0.25, 0.3) is 11.7 Å². The summed E-state index contributed by atoms with van der Waals surface area (Å²) in [7, 11) is 0. The molecule has 2 aromatic heterocycles. The second-order valence-corrected chi connectivity index (χ2v) is 8.05. The number of aromatic nitrogens is 2. The molecule has 1 amide bonds. The predicted molar refractivity (Wildman–Crippen MR) is 104 cm³/mol. The minimum Gasteiger partial charge on any atom is -0.356 e. The Kier molecular flexibility index (Phi) is 2.97. The number of para-hydroxylation sites is 1. The molecule has 0 bridgehead atoms. The summed E-state index contributed by atoms with van der Waals surface area (Å²) in [4.78, 5) is 24.1. The van der Waals surface area contributed by atoms with Gasteiger partial charge in [0.2, 0.25) is 0 Å². The maximum atomic E-state index is 13.0.